The number of benzene rings is 5. The van der Waals surface area contributed by atoms with Crippen LogP contribution in [-0.4, -0.2) is 0 Å². The van der Waals surface area contributed by atoms with E-state index in [0.29, 0.717) is 0 Å². The highest BCUT2D eigenvalue weighted by atomic mass is 14.4. The van der Waals surface area contributed by atoms with Crippen molar-refractivity contribution in [2.24, 2.45) is 23.7 Å². The molecular weight excluding hydrogens is 504 g/mol. The van der Waals surface area contributed by atoms with Crippen LogP contribution in [0, 0.1) is 23.7 Å². The minimum absolute atomic E-state index is 0.864. The van der Waals surface area contributed by atoms with Crippen molar-refractivity contribution in [1.82, 2.24) is 0 Å². The molecule has 0 aliphatic heterocycles. The monoisotopic (exact) mass is 546 g/mol. The van der Waals surface area contributed by atoms with Gasteiger partial charge >= 0.3 is 0 Å². The van der Waals surface area contributed by atoms with Crippen molar-refractivity contribution in [3.05, 3.63) is 107 Å². The smallest absolute Gasteiger partial charge is 0.00235 e. The van der Waals surface area contributed by atoms with Crippen molar-refractivity contribution in [1.29, 1.82) is 0 Å². The molecule has 0 N–H and O–H groups in total. The Hall–Kier alpha value is -3.38. The lowest BCUT2D eigenvalue weighted by Gasteiger charge is -2.38. The quantitative estimate of drug-likeness (QED) is 0.193. The molecule has 4 unspecified atom stereocenters. The van der Waals surface area contributed by atoms with Gasteiger partial charge in [-0.2, -0.15) is 0 Å². The summed E-state index contributed by atoms with van der Waals surface area (Å²) in [5.41, 5.74) is 12.4. The third-order valence-electron chi connectivity index (χ3n) is 12.0. The molecule has 4 aliphatic rings. The second-order valence-corrected chi connectivity index (χ2v) is 14.2. The van der Waals surface area contributed by atoms with Crippen LogP contribution in [-0.2, 0) is 25.7 Å². The summed E-state index contributed by atoms with van der Waals surface area (Å²) in [6, 6.07) is 33.2. The molecule has 5 aromatic rings. The summed E-state index contributed by atoms with van der Waals surface area (Å²) >= 11 is 0. The molecule has 2 fully saturated rings. The molecule has 4 aliphatic carbocycles. The van der Waals surface area contributed by atoms with E-state index in [-0.39, 0.29) is 0 Å². The van der Waals surface area contributed by atoms with Gasteiger partial charge in [-0.1, -0.05) is 111 Å². The van der Waals surface area contributed by atoms with E-state index in [1.165, 1.54) is 121 Å². The largest absolute Gasteiger partial charge is 0.0616 e. The number of fused-ring (bicyclic) bond motifs is 6. The fourth-order valence-corrected chi connectivity index (χ4v) is 10.0. The molecule has 0 amide bonds. The van der Waals surface area contributed by atoms with Crippen LogP contribution in [0.5, 0.6) is 0 Å². The van der Waals surface area contributed by atoms with Crippen molar-refractivity contribution in [3.63, 3.8) is 0 Å². The highest BCUT2D eigenvalue weighted by Crippen LogP contribution is 2.50. The lowest BCUT2D eigenvalue weighted by molar-refractivity contribution is 0.221. The van der Waals surface area contributed by atoms with E-state index in [0.717, 1.165) is 23.7 Å². The SMILES string of the molecule is c1cc2c(c(-c3c4ccccc4c(-c4cccc5c4CC4CCCCC4C5)c4ccccc34)c1)CC1CCCCC1C2. The zero-order chi connectivity index (χ0) is 27.6. The average molecular weight is 547 g/mol. The van der Waals surface area contributed by atoms with Gasteiger partial charge in [-0.25, -0.2) is 0 Å². The van der Waals surface area contributed by atoms with Gasteiger partial charge in [0.25, 0.3) is 0 Å². The molecule has 0 heteroatoms. The Labute approximate surface area is 251 Å². The molecule has 0 bridgehead atoms. The molecule has 2 saturated carbocycles. The van der Waals surface area contributed by atoms with E-state index >= 15 is 0 Å². The zero-order valence-electron chi connectivity index (χ0n) is 24.9. The van der Waals surface area contributed by atoms with E-state index in [1.807, 2.05) is 0 Å². The molecule has 0 saturated heterocycles. The number of hydrogen-bond acceptors (Lipinski definition) is 0. The summed E-state index contributed by atoms with van der Waals surface area (Å²) in [7, 11) is 0. The molecule has 4 atom stereocenters. The van der Waals surface area contributed by atoms with Crippen LogP contribution in [0.4, 0.5) is 0 Å². The van der Waals surface area contributed by atoms with Crippen molar-refractivity contribution < 1.29 is 0 Å². The summed E-state index contributed by atoms with van der Waals surface area (Å²) in [6.07, 6.45) is 16.5. The fourth-order valence-electron chi connectivity index (χ4n) is 10.0. The van der Waals surface area contributed by atoms with Crippen LogP contribution in [0.25, 0.3) is 43.8 Å². The first-order valence-corrected chi connectivity index (χ1v) is 17.0. The highest BCUT2D eigenvalue weighted by molar-refractivity contribution is 6.22. The molecule has 5 aromatic carbocycles. The standard InChI is InChI=1S/C42H42/c1-3-13-29-25-39-31(23-27(29)11-1)15-9-21-37(39)41-33-17-5-7-19-35(33)42(36-20-8-6-18-34(36)41)38-22-10-16-32-24-28-12-2-4-14-30(28)26-40(32)38/h5-10,15-22,27-30H,1-4,11-14,23-26H2. The van der Waals surface area contributed by atoms with Gasteiger partial charge in [-0.05, 0) is 141 Å². The molecule has 210 valence electrons. The maximum atomic E-state index is 2.45. The zero-order valence-corrected chi connectivity index (χ0v) is 24.9. The average Bonchev–Trinajstić information content (AvgIpc) is 3.05. The van der Waals surface area contributed by atoms with Crippen LogP contribution < -0.4 is 0 Å². The van der Waals surface area contributed by atoms with Crippen molar-refractivity contribution in [2.45, 2.75) is 77.0 Å². The summed E-state index contributed by atoms with van der Waals surface area (Å²) in [6.45, 7) is 0. The van der Waals surface area contributed by atoms with Gasteiger partial charge < -0.3 is 0 Å². The maximum Gasteiger partial charge on any atom is -0.00235 e. The van der Waals surface area contributed by atoms with Crippen LogP contribution in [0.1, 0.15) is 73.6 Å². The summed E-state index contributed by atoms with van der Waals surface area (Å²) < 4.78 is 0. The lowest BCUT2D eigenvalue weighted by Crippen LogP contribution is -2.28. The van der Waals surface area contributed by atoms with Crippen molar-refractivity contribution in [3.8, 4) is 22.3 Å². The second kappa shape index (κ2) is 10.1. The Balaban J connectivity index is 1.29. The predicted octanol–water partition coefficient (Wildman–Crippen LogP) is 11.1. The normalized spacial score (nSPS) is 25.0. The Kier molecular flexibility index (Phi) is 6.06. The Morgan fingerprint density at radius 1 is 0.357 bits per heavy atom. The van der Waals surface area contributed by atoms with E-state index in [2.05, 4.69) is 84.9 Å². The molecule has 0 aromatic heterocycles. The first-order chi connectivity index (χ1) is 20.8. The third-order valence-corrected chi connectivity index (χ3v) is 12.0. The van der Waals surface area contributed by atoms with Crippen molar-refractivity contribution >= 4 is 21.5 Å². The van der Waals surface area contributed by atoms with Crippen LogP contribution in [0.2, 0.25) is 0 Å². The topological polar surface area (TPSA) is 0 Å². The van der Waals surface area contributed by atoms with E-state index in [9.17, 15) is 0 Å². The van der Waals surface area contributed by atoms with Gasteiger partial charge in [-0.15, -0.1) is 0 Å². The molecular formula is C42H42. The first kappa shape index (κ1) is 25.1. The number of hydrogen-bond donors (Lipinski definition) is 0. The second-order valence-electron chi connectivity index (χ2n) is 14.2. The summed E-state index contributed by atoms with van der Waals surface area (Å²) in [5.74, 6) is 3.52. The molecule has 0 spiro atoms. The fraction of sp³-hybridized carbons (Fsp3) is 0.381. The van der Waals surface area contributed by atoms with Gasteiger partial charge in [0, 0.05) is 0 Å². The van der Waals surface area contributed by atoms with Crippen molar-refractivity contribution in [2.75, 3.05) is 0 Å². The third kappa shape index (κ3) is 3.94. The van der Waals surface area contributed by atoms with Gasteiger partial charge in [0.1, 0.15) is 0 Å². The van der Waals surface area contributed by atoms with Gasteiger partial charge in [-0.3, -0.25) is 0 Å². The Morgan fingerprint density at radius 3 is 1.10 bits per heavy atom. The van der Waals surface area contributed by atoms with Gasteiger partial charge in [0.15, 0.2) is 0 Å². The lowest BCUT2D eigenvalue weighted by atomic mass is 9.67. The molecule has 0 nitrogen and oxygen atoms in total. The predicted molar refractivity (Wildman–Crippen MR) is 178 cm³/mol. The van der Waals surface area contributed by atoms with E-state index in [1.54, 1.807) is 22.3 Å². The summed E-state index contributed by atoms with van der Waals surface area (Å²) in [4.78, 5) is 0. The molecule has 0 radical (unpaired) electrons. The van der Waals surface area contributed by atoms with Gasteiger partial charge in [0.2, 0.25) is 0 Å². The minimum Gasteiger partial charge on any atom is -0.0616 e. The maximum absolute atomic E-state index is 2.45. The highest BCUT2D eigenvalue weighted by Gasteiger charge is 2.34. The Morgan fingerprint density at radius 2 is 0.714 bits per heavy atom. The van der Waals surface area contributed by atoms with E-state index < -0.39 is 0 Å². The summed E-state index contributed by atoms with van der Waals surface area (Å²) in [5, 5.41) is 5.70. The van der Waals surface area contributed by atoms with E-state index in [4.69, 9.17) is 0 Å². The molecule has 42 heavy (non-hydrogen) atoms. The number of rotatable bonds is 2. The van der Waals surface area contributed by atoms with Crippen LogP contribution >= 0.6 is 0 Å². The van der Waals surface area contributed by atoms with Crippen LogP contribution in [0.15, 0.2) is 84.9 Å². The molecule has 0 heterocycles. The minimum atomic E-state index is 0.864. The first-order valence-electron chi connectivity index (χ1n) is 17.0. The van der Waals surface area contributed by atoms with Gasteiger partial charge in [0.05, 0.1) is 0 Å². The Bertz CT molecular complexity index is 1630. The molecule has 9 rings (SSSR count). The van der Waals surface area contributed by atoms with Crippen LogP contribution in [0.3, 0.4) is 0 Å².